The Hall–Kier alpha value is -3.81. The monoisotopic (exact) mass is 520 g/mol. The van der Waals surface area contributed by atoms with E-state index in [2.05, 4.69) is 97.9 Å². The van der Waals surface area contributed by atoms with Crippen molar-refractivity contribution in [3.63, 3.8) is 0 Å². The van der Waals surface area contributed by atoms with E-state index in [1.54, 1.807) is 31.2 Å². The van der Waals surface area contributed by atoms with Crippen molar-refractivity contribution < 1.29 is 14.3 Å². The summed E-state index contributed by atoms with van der Waals surface area (Å²) in [5.74, 6) is 0.183. The number of hydrogen-bond donors (Lipinski definition) is 0. The van der Waals surface area contributed by atoms with Crippen LogP contribution in [0.3, 0.4) is 0 Å². The average molecular weight is 521 g/mol. The molecule has 1 unspecified atom stereocenters. The van der Waals surface area contributed by atoms with Gasteiger partial charge in [0.1, 0.15) is 0 Å². The van der Waals surface area contributed by atoms with Gasteiger partial charge >= 0.3 is 226 Å². The van der Waals surface area contributed by atoms with Gasteiger partial charge in [-0.25, -0.2) is 0 Å². The molecule has 1 atom stereocenters. The normalized spacial score (nSPS) is 14.7. The Morgan fingerprint density at radius 2 is 1.05 bits per heavy atom. The Labute approximate surface area is 225 Å². The molecular formula is C34H33O3P. The molecule has 0 saturated carbocycles. The molecule has 0 N–H and O–H groups in total. The van der Waals surface area contributed by atoms with E-state index >= 15 is 0 Å². The zero-order chi connectivity index (χ0) is 26.5. The molecule has 0 heterocycles. The minimum absolute atomic E-state index is 0.132. The number of rotatable bonds is 9. The van der Waals surface area contributed by atoms with Gasteiger partial charge in [-0.15, -0.1) is 0 Å². The van der Waals surface area contributed by atoms with Gasteiger partial charge < -0.3 is 0 Å². The van der Waals surface area contributed by atoms with Gasteiger partial charge in [0.05, 0.1) is 0 Å². The van der Waals surface area contributed by atoms with E-state index in [-0.39, 0.29) is 17.3 Å². The summed E-state index contributed by atoms with van der Waals surface area (Å²) in [6, 6.07) is 39.6. The molecule has 0 bridgehead atoms. The Morgan fingerprint density at radius 3 is 1.53 bits per heavy atom. The van der Waals surface area contributed by atoms with Crippen LogP contribution in [0.4, 0.5) is 0 Å². The molecule has 3 nitrogen and oxygen atoms in total. The van der Waals surface area contributed by atoms with E-state index in [1.165, 1.54) is 15.9 Å². The molecule has 1 aliphatic rings. The Kier molecular flexibility index (Phi) is 7.67. The molecule has 0 amide bonds. The summed E-state index contributed by atoms with van der Waals surface area (Å²) in [5.41, 5.74) is 1.28. The Balaban J connectivity index is 1.41. The van der Waals surface area contributed by atoms with Crippen LogP contribution in [-0.4, -0.2) is 24.3 Å². The van der Waals surface area contributed by atoms with Gasteiger partial charge in [-0.05, 0) is 0 Å². The summed E-state index contributed by atoms with van der Waals surface area (Å²) in [6.07, 6.45) is 1.78. The van der Waals surface area contributed by atoms with Crippen molar-refractivity contribution in [1.82, 2.24) is 0 Å². The van der Waals surface area contributed by atoms with Crippen molar-refractivity contribution in [2.45, 2.75) is 20.3 Å². The molecule has 38 heavy (non-hydrogen) atoms. The van der Waals surface area contributed by atoms with Crippen molar-refractivity contribution in [3.05, 3.63) is 138 Å². The van der Waals surface area contributed by atoms with Gasteiger partial charge in [-0.1, -0.05) is 0 Å². The summed E-state index contributed by atoms with van der Waals surface area (Å²) in [4.78, 5) is 25.9. The van der Waals surface area contributed by atoms with E-state index < -0.39 is 7.26 Å². The van der Waals surface area contributed by atoms with Gasteiger partial charge in [0.15, 0.2) is 0 Å². The van der Waals surface area contributed by atoms with Crippen LogP contribution in [0, 0.1) is 5.92 Å². The minimum atomic E-state index is -2.35. The third-order valence-electron chi connectivity index (χ3n) is 7.62. The van der Waals surface area contributed by atoms with Crippen molar-refractivity contribution in [2.24, 2.45) is 5.92 Å². The van der Waals surface area contributed by atoms with Crippen LogP contribution < -0.4 is 15.9 Å². The molecule has 0 aromatic heterocycles. The third kappa shape index (κ3) is 4.87. The van der Waals surface area contributed by atoms with Crippen LogP contribution >= 0.6 is 7.26 Å². The van der Waals surface area contributed by atoms with Crippen LogP contribution in [-0.2, 0) is 4.74 Å². The number of benzene rings is 4. The molecule has 0 saturated heterocycles. The van der Waals surface area contributed by atoms with E-state index in [1.807, 2.05) is 0 Å². The quantitative estimate of drug-likeness (QED) is 0.250. The van der Waals surface area contributed by atoms with Crippen LogP contribution in [0.25, 0.3) is 0 Å². The predicted octanol–water partition coefficient (Wildman–Crippen LogP) is 6.11. The van der Waals surface area contributed by atoms with Crippen molar-refractivity contribution >= 4 is 34.7 Å². The molecule has 0 aliphatic heterocycles. The first-order chi connectivity index (χ1) is 18.5. The number of hydrogen-bond acceptors (Lipinski definition) is 3. The first-order valence-corrected chi connectivity index (χ1v) is 15.4. The second kappa shape index (κ2) is 11.3. The van der Waals surface area contributed by atoms with Gasteiger partial charge in [-0.2, -0.15) is 0 Å². The van der Waals surface area contributed by atoms with E-state index in [4.69, 9.17) is 4.74 Å². The Bertz CT molecular complexity index is 1360. The maximum atomic E-state index is 13.1. The van der Waals surface area contributed by atoms with Crippen LogP contribution in [0.5, 0.6) is 0 Å². The first kappa shape index (κ1) is 25.8. The fourth-order valence-corrected chi connectivity index (χ4v) is 10.9. The molecule has 0 fully saturated rings. The second-order valence-electron chi connectivity index (χ2n) is 10.1. The molecule has 4 aromatic carbocycles. The van der Waals surface area contributed by atoms with E-state index in [0.29, 0.717) is 29.2 Å². The first-order valence-electron chi connectivity index (χ1n) is 13.2. The average Bonchev–Trinajstić information content (AvgIpc) is 2.98. The second-order valence-corrected chi connectivity index (χ2v) is 14.1. The van der Waals surface area contributed by atoms with Crippen LogP contribution in [0.1, 0.15) is 41.0 Å². The molecule has 1 aliphatic carbocycles. The SMILES string of the molecule is CC1=C(OCCC(C)C[PH](c2ccccc2)(c2ccccc2)c2ccccc2)C(=O)c2ccccc2C1=O. The molecule has 4 heteroatoms. The van der Waals surface area contributed by atoms with Gasteiger partial charge in [-0.3, -0.25) is 0 Å². The third-order valence-corrected chi connectivity index (χ3v) is 12.9. The Morgan fingerprint density at radius 1 is 0.632 bits per heavy atom. The summed E-state index contributed by atoms with van der Waals surface area (Å²) in [7, 11) is -2.35. The predicted molar refractivity (Wildman–Crippen MR) is 159 cm³/mol. The number of Topliss-reactive ketones (excluding diaryl/α,β-unsaturated/α-hetero) is 2. The summed E-state index contributed by atoms with van der Waals surface area (Å²) >= 11 is 0. The van der Waals surface area contributed by atoms with Crippen molar-refractivity contribution in [1.29, 1.82) is 0 Å². The zero-order valence-electron chi connectivity index (χ0n) is 21.9. The number of fused-ring (bicyclic) bond motifs is 1. The number of ether oxygens (including phenoxy) is 1. The topological polar surface area (TPSA) is 43.4 Å². The number of allylic oxidation sites excluding steroid dienone is 2. The van der Waals surface area contributed by atoms with Crippen LogP contribution in [0.15, 0.2) is 127 Å². The molecule has 4 aromatic rings. The maximum absolute atomic E-state index is 13.1. The fourth-order valence-electron chi connectivity index (χ4n) is 5.66. The molecule has 0 spiro atoms. The van der Waals surface area contributed by atoms with Crippen molar-refractivity contribution in [2.75, 3.05) is 12.8 Å². The van der Waals surface area contributed by atoms with Gasteiger partial charge in [0.25, 0.3) is 0 Å². The summed E-state index contributed by atoms with van der Waals surface area (Å²) in [6.45, 7) is 4.34. The van der Waals surface area contributed by atoms with Crippen molar-refractivity contribution in [3.8, 4) is 0 Å². The van der Waals surface area contributed by atoms with Gasteiger partial charge in [0, 0.05) is 0 Å². The zero-order valence-corrected chi connectivity index (χ0v) is 22.9. The van der Waals surface area contributed by atoms with E-state index in [9.17, 15) is 9.59 Å². The van der Waals surface area contributed by atoms with E-state index in [0.717, 1.165) is 12.6 Å². The molecular weight excluding hydrogens is 487 g/mol. The number of carbonyl (C=O) groups excluding carboxylic acids is 2. The van der Waals surface area contributed by atoms with Crippen LogP contribution in [0.2, 0.25) is 0 Å². The standard InChI is InChI=1S/C34H33O3P/c1-25(22-23-37-34-26(2)32(35)30-20-12-13-21-31(30)33(34)36)24-38(27-14-6-3-7-15-27,28-16-8-4-9-17-28)29-18-10-5-11-19-29/h3-21,25,38H,22-24H2,1-2H3. The van der Waals surface area contributed by atoms with Gasteiger partial charge in [0.2, 0.25) is 0 Å². The number of ketones is 2. The summed E-state index contributed by atoms with van der Waals surface area (Å²) in [5, 5.41) is 4.15. The molecule has 192 valence electrons. The summed E-state index contributed by atoms with van der Waals surface area (Å²) < 4.78 is 6.06. The number of carbonyl (C=O) groups is 2. The fraction of sp³-hybridized carbons (Fsp3) is 0.176. The molecule has 5 rings (SSSR count). The molecule has 0 radical (unpaired) electrons.